The Balaban J connectivity index is 2.24. The Bertz CT molecular complexity index is 699. The Hall–Kier alpha value is -2.05. The number of hydrogen-bond donors (Lipinski definition) is 6. The van der Waals surface area contributed by atoms with Crippen LogP contribution in [0.1, 0.15) is 23.0 Å². The first kappa shape index (κ1) is 18.3. The summed E-state index contributed by atoms with van der Waals surface area (Å²) >= 11 is 0. The van der Waals surface area contributed by atoms with Gasteiger partial charge in [-0.25, -0.2) is 4.79 Å². The van der Waals surface area contributed by atoms with E-state index in [0.717, 1.165) is 10.8 Å². The summed E-state index contributed by atoms with van der Waals surface area (Å²) in [5.74, 6) is -0.852. The Morgan fingerprint density at radius 3 is 2.75 bits per heavy atom. The molecule has 0 aromatic carbocycles. The highest BCUT2D eigenvalue weighted by Gasteiger charge is 2.35. The molecule has 1 fully saturated rings. The van der Waals surface area contributed by atoms with Crippen LogP contribution in [0.25, 0.3) is 0 Å². The van der Waals surface area contributed by atoms with Crippen LogP contribution >= 0.6 is 0 Å². The van der Waals surface area contributed by atoms with Gasteiger partial charge in [-0.1, -0.05) is 0 Å². The number of aromatic amines is 1. The van der Waals surface area contributed by atoms with E-state index in [9.17, 15) is 24.6 Å². The van der Waals surface area contributed by atoms with Crippen molar-refractivity contribution >= 4 is 5.91 Å². The van der Waals surface area contributed by atoms with Gasteiger partial charge in [-0.2, -0.15) is 0 Å². The van der Waals surface area contributed by atoms with Gasteiger partial charge in [0.1, 0.15) is 17.9 Å². The third-order valence-corrected chi connectivity index (χ3v) is 3.62. The number of hydrogen-bond acceptors (Lipinski definition) is 8. The van der Waals surface area contributed by atoms with E-state index < -0.39 is 60.5 Å². The lowest BCUT2D eigenvalue weighted by Gasteiger charge is -2.15. The molecular formula is C13H19N3O8. The van der Waals surface area contributed by atoms with Crippen LogP contribution in [0.2, 0.25) is 0 Å². The fraction of sp³-hybridized carbons (Fsp3) is 0.615. The molecule has 0 spiro atoms. The summed E-state index contributed by atoms with van der Waals surface area (Å²) in [6.45, 7) is -1.28. The lowest BCUT2D eigenvalue weighted by atomic mass is 10.2. The van der Waals surface area contributed by atoms with Crippen molar-refractivity contribution in [2.75, 3.05) is 19.8 Å². The zero-order chi connectivity index (χ0) is 17.9. The second-order valence-corrected chi connectivity index (χ2v) is 5.37. The molecule has 1 aliphatic heterocycles. The van der Waals surface area contributed by atoms with Crippen molar-refractivity contribution < 1.29 is 30.0 Å². The van der Waals surface area contributed by atoms with Crippen LogP contribution in [-0.2, 0) is 4.74 Å². The van der Waals surface area contributed by atoms with E-state index in [1.807, 2.05) is 4.98 Å². The molecule has 0 bridgehead atoms. The Morgan fingerprint density at radius 1 is 1.46 bits per heavy atom. The quantitative estimate of drug-likeness (QED) is 0.305. The molecule has 0 saturated carbocycles. The molecule has 0 aliphatic carbocycles. The van der Waals surface area contributed by atoms with E-state index in [1.165, 1.54) is 0 Å². The Labute approximate surface area is 135 Å². The Morgan fingerprint density at radius 2 is 2.17 bits per heavy atom. The van der Waals surface area contributed by atoms with E-state index in [1.54, 1.807) is 0 Å². The lowest BCUT2D eigenvalue weighted by molar-refractivity contribution is -0.0459. The monoisotopic (exact) mass is 345 g/mol. The molecule has 1 aromatic rings. The number of H-pyrrole nitrogens is 1. The third-order valence-electron chi connectivity index (χ3n) is 3.62. The van der Waals surface area contributed by atoms with Gasteiger partial charge >= 0.3 is 5.69 Å². The maximum absolute atomic E-state index is 12.0. The van der Waals surface area contributed by atoms with Gasteiger partial charge in [0.05, 0.1) is 25.4 Å². The first-order valence-electron chi connectivity index (χ1n) is 7.24. The van der Waals surface area contributed by atoms with Crippen molar-refractivity contribution in [2.24, 2.45) is 0 Å². The lowest BCUT2D eigenvalue weighted by Crippen LogP contribution is -2.40. The van der Waals surface area contributed by atoms with Crippen LogP contribution in [0.5, 0.6) is 0 Å². The minimum Gasteiger partial charge on any atom is -0.394 e. The molecule has 24 heavy (non-hydrogen) atoms. The molecule has 2 rings (SSSR count). The number of carbonyl (C=O) groups is 1. The van der Waals surface area contributed by atoms with Gasteiger partial charge in [0.25, 0.3) is 11.5 Å². The maximum atomic E-state index is 12.0. The molecule has 4 atom stereocenters. The summed E-state index contributed by atoms with van der Waals surface area (Å²) in [7, 11) is 0. The summed E-state index contributed by atoms with van der Waals surface area (Å²) in [6, 6.07) is 0. The molecule has 1 amide bonds. The number of rotatable bonds is 6. The summed E-state index contributed by atoms with van der Waals surface area (Å²) < 4.78 is 6.26. The highest BCUT2D eigenvalue weighted by atomic mass is 16.5. The third kappa shape index (κ3) is 3.88. The smallest absolute Gasteiger partial charge is 0.330 e. The highest BCUT2D eigenvalue weighted by molar-refractivity contribution is 5.93. The Kier molecular flexibility index (Phi) is 5.85. The molecular weight excluding hydrogens is 326 g/mol. The van der Waals surface area contributed by atoms with E-state index in [0.29, 0.717) is 0 Å². The fourth-order valence-electron chi connectivity index (χ4n) is 2.28. The first-order chi connectivity index (χ1) is 11.4. The molecule has 11 nitrogen and oxygen atoms in total. The number of aliphatic hydroxyl groups excluding tert-OH is 4. The van der Waals surface area contributed by atoms with Crippen LogP contribution < -0.4 is 16.6 Å². The van der Waals surface area contributed by atoms with Gasteiger partial charge in [0.15, 0.2) is 0 Å². The van der Waals surface area contributed by atoms with E-state index in [2.05, 4.69) is 5.32 Å². The molecule has 1 saturated heterocycles. The number of ether oxygens (including phenoxy) is 1. The summed E-state index contributed by atoms with van der Waals surface area (Å²) in [6.07, 6.45) is -3.00. The standard InChI is InChI=1S/C13H19N3O8/c17-4-6(19)2-14-11(21)7-3-16(13(23)15-12(7)22)10-1-8(20)9(5-18)24-10/h3,6,8-10,17-20H,1-2,4-5H2,(H,14,21)(H,15,22,23)/t6?,8-,9+,10+/m0/s1. The normalized spacial score (nSPS) is 24.8. The van der Waals surface area contributed by atoms with Crippen LogP contribution in [0, 0.1) is 0 Å². The van der Waals surface area contributed by atoms with Gasteiger partial charge in [-0.15, -0.1) is 0 Å². The van der Waals surface area contributed by atoms with Gasteiger partial charge in [0.2, 0.25) is 0 Å². The molecule has 1 aliphatic rings. The van der Waals surface area contributed by atoms with Crippen LogP contribution in [-0.4, -0.2) is 74.0 Å². The topological polar surface area (TPSA) is 174 Å². The van der Waals surface area contributed by atoms with Crippen LogP contribution in [0.15, 0.2) is 15.8 Å². The van der Waals surface area contributed by atoms with E-state index in [4.69, 9.17) is 14.9 Å². The van der Waals surface area contributed by atoms with Crippen molar-refractivity contribution in [1.29, 1.82) is 0 Å². The van der Waals surface area contributed by atoms with E-state index in [-0.39, 0.29) is 13.0 Å². The van der Waals surface area contributed by atoms with Gasteiger partial charge < -0.3 is 30.5 Å². The number of carbonyl (C=O) groups excluding carboxylic acids is 1. The summed E-state index contributed by atoms with van der Waals surface area (Å²) in [5.41, 5.74) is -2.16. The van der Waals surface area contributed by atoms with Crippen molar-refractivity contribution in [3.8, 4) is 0 Å². The zero-order valence-corrected chi connectivity index (χ0v) is 12.6. The summed E-state index contributed by atoms with van der Waals surface area (Å²) in [5, 5.41) is 38.9. The van der Waals surface area contributed by atoms with Crippen molar-refractivity contribution in [3.63, 3.8) is 0 Å². The number of amides is 1. The number of aromatic nitrogens is 2. The molecule has 11 heteroatoms. The highest BCUT2D eigenvalue weighted by Crippen LogP contribution is 2.27. The first-order valence-corrected chi connectivity index (χ1v) is 7.24. The van der Waals surface area contributed by atoms with Gasteiger partial charge in [0, 0.05) is 19.2 Å². The number of nitrogens with one attached hydrogen (secondary N) is 2. The summed E-state index contributed by atoms with van der Waals surface area (Å²) in [4.78, 5) is 37.6. The number of nitrogens with zero attached hydrogens (tertiary/aromatic N) is 1. The van der Waals surface area contributed by atoms with Crippen molar-refractivity contribution in [1.82, 2.24) is 14.9 Å². The minimum atomic E-state index is -1.18. The molecule has 0 radical (unpaired) electrons. The zero-order valence-electron chi connectivity index (χ0n) is 12.6. The van der Waals surface area contributed by atoms with Crippen LogP contribution in [0.4, 0.5) is 0 Å². The van der Waals surface area contributed by atoms with Crippen molar-refractivity contribution in [3.05, 3.63) is 32.6 Å². The predicted octanol–water partition coefficient (Wildman–Crippen LogP) is -3.74. The van der Waals surface area contributed by atoms with E-state index >= 15 is 0 Å². The average Bonchev–Trinajstić information content (AvgIpc) is 2.92. The minimum absolute atomic E-state index is 0.00145. The SMILES string of the molecule is O=C(NCC(O)CO)c1cn([C@H]2C[C@H](O)[C@@H](CO)O2)c(=O)[nH]c1=O. The van der Waals surface area contributed by atoms with Gasteiger partial charge in [-0.3, -0.25) is 19.1 Å². The predicted molar refractivity (Wildman–Crippen MR) is 78.4 cm³/mol. The molecule has 6 N–H and O–H groups in total. The molecule has 2 heterocycles. The second-order valence-electron chi connectivity index (χ2n) is 5.37. The largest absolute Gasteiger partial charge is 0.394 e. The number of aliphatic hydroxyl groups is 4. The van der Waals surface area contributed by atoms with Crippen LogP contribution in [0.3, 0.4) is 0 Å². The molecule has 134 valence electrons. The molecule has 1 aromatic heterocycles. The second kappa shape index (κ2) is 7.68. The fourth-order valence-corrected chi connectivity index (χ4v) is 2.28. The molecule has 1 unspecified atom stereocenters. The van der Waals surface area contributed by atoms with Crippen molar-refractivity contribution in [2.45, 2.75) is 31.0 Å². The average molecular weight is 345 g/mol. The van der Waals surface area contributed by atoms with Gasteiger partial charge in [-0.05, 0) is 0 Å². The maximum Gasteiger partial charge on any atom is 0.330 e.